The van der Waals surface area contributed by atoms with Crippen LogP contribution in [-0.4, -0.2) is 38.6 Å². The molecular formula is C18H16ClF3N4O2S. The number of alkyl halides is 3. The van der Waals surface area contributed by atoms with E-state index < -0.39 is 23.9 Å². The predicted molar refractivity (Wildman–Crippen MR) is 103 cm³/mol. The van der Waals surface area contributed by atoms with Gasteiger partial charge in [-0.2, -0.15) is 13.2 Å². The second kappa shape index (κ2) is 8.91. The van der Waals surface area contributed by atoms with Gasteiger partial charge in [0.05, 0.1) is 18.1 Å². The molecule has 3 aromatic rings. The van der Waals surface area contributed by atoms with Gasteiger partial charge in [-0.05, 0) is 43.3 Å². The van der Waals surface area contributed by atoms with Crippen molar-refractivity contribution >= 4 is 29.3 Å². The molecule has 0 spiro atoms. The molecule has 0 saturated carbocycles. The third kappa shape index (κ3) is 5.77. The van der Waals surface area contributed by atoms with Crippen LogP contribution in [0.5, 0.6) is 0 Å². The predicted octanol–water partition coefficient (Wildman–Crippen LogP) is 4.40. The van der Waals surface area contributed by atoms with E-state index in [1.54, 1.807) is 41.0 Å². The fourth-order valence-electron chi connectivity index (χ4n) is 2.43. The number of carbonyl (C=O) groups excluding carboxylic acids is 1. The zero-order chi connectivity index (χ0) is 21.0. The van der Waals surface area contributed by atoms with Crippen molar-refractivity contribution in [3.05, 3.63) is 53.4 Å². The molecule has 0 bridgehead atoms. The first-order chi connectivity index (χ1) is 13.7. The number of nitrogens with zero attached hydrogens (tertiary/aromatic N) is 3. The fourth-order valence-corrected chi connectivity index (χ4v) is 3.43. The van der Waals surface area contributed by atoms with Gasteiger partial charge in [-0.15, -0.1) is 10.2 Å². The van der Waals surface area contributed by atoms with Gasteiger partial charge in [-0.1, -0.05) is 23.4 Å². The molecule has 29 heavy (non-hydrogen) atoms. The highest BCUT2D eigenvalue weighted by Gasteiger charge is 2.29. The molecule has 0 radical (unpaired) electrons. The number of carbonyl (C=O) groups is 1. The number of hydrogen-bond acceptors (Lipinski definition) is 5. The standard InChI is InChI=1S/C18H16ClF3N4O2S/c1-11(16(27)23-10-18(20,21)22)29-17-25-24-15(12-4-6-13(19)7-5-12)26(17)9-14-3-2-8-28-14/h2-8,11H,9-10H2,1H3,(H,23,27). The van der Waals surface area contributed by atoms with Crippen LogP contribution >= 0.6 is 23.4 Å². The third-order valence-corrected chi connectivity index (χ3v) is 5.16. The minimum atomic E-state index is -4.47. The van der Waals surface area contributed by atoms with Crippen LogP contribution in [0.25, 0.3) is 11.4 Å². The lowest BCUT2D eigenvalue weighted by molar-refractivity contribution is -0.137. The SMILES string of the molecule is CC(Sc1nnc(-c2ccc(Cl)cc2)n1Cc1ccco1)C(=O)NCC(F)(F)F. The Balaban J connectivity index is 1.84. The number of halogens is 4. The molecule has 1 atom stereocenters. The highest BCUT2D eigenvalue weighted by molar-refractivity contribution is 8.00. The summed E-state index contributed by atoms with van der Waals surface area (Å²) in [6.07, 6.45) is -2.94. The summed E-state index contributed by atoms with van der Waals surface area (Å²) in [5.41, 5.74) is 0.745. The Morgan fingerprint density at radius 3 is 2.62 bits per heavy atom. The third-order valence-electron chi connectivity index (χ3n) is 3.83. The number of benzene rings is 1. The molecule has 0 aliphatic heterocycles. The molecule has 154 valence electrons. The Bertz CT molecular complexity index is 959. The fraction of sp³-hybridized carbons (Fsp3) is 0.278. The summed E-state index contributed by atoms with van der Waals surface area (Å²) in [6, 6.07) is 10.5. The lowest BCUT2D eigenvalue weighted by Gasteiger charge is -2.14. The first kappa shape index (κ1) is 21.3. The second-order valence-electron chi connectivity index (χ2n) is 6.07. The van der Waals surface area contributed by atoms with Gasteiger partial charge < -0.3 is 9.73 Å². The quantitative estimate of drug-likeness (QED) is 0.547. The van der Waals surface area contributed by atoms with Crippen molar-refractivity contribution in [2.75, 3.05) is 6.54 Å². The number of hydrogen-bond donors (Lipinski definition) is 1. The topological polar surface area (TPSA) is 73.0 Å². The van der Waals surface area contributed by atoms with Crippen LogP contribution in [0.2, 0.25) is 5.02 Å². The van der Waals surface area contributed by atoms with Crippen LogP contribution in [-0.2, 0) is 11.3 Å². The molecule has 11 heteroatoms. The number of amides is 1. The van der Waals surface area contributed by atoms with E-state index in [1.807, 2.05) is 5.32 Å². The van der Waals surface area contributed by atoms with Gasteiger partial charge in [0.2, 0.25) is 5.91 Å². The Hall–Kier alpha value is -2.46. The van der Waals surface area contributed by atoms with E-state index in [9.17, 15) is 18.0 Å². The normalized spacial score (nSPS) is 12.7. The summed E-state index contributed by atoms with van der Waals surface area (Å²) in [5, 5.41) is 10.3. The van der Waals surface area contributed by atoms with Crippen LogP contribution in [0.1, 0.15) is 12.7 Å². The average Bonchev–Trinajstić information content (AvgIpc) is 3.31. The van der Waals surface area contributed by atoms with Crippen molar-refractivity contribution in [2.24, 2.45) is 0 Å². The number of nitrogens with one attached hydrogen (secondary N) is 1. The smallest absolute Gasteiger partial charge is 0.405 e. The zero-order valence-corrected chi connectivity index (χ0v) is 16.7. The summed E-state index contributed by atoms with van der Waals surface area (Å²) >= 11 is 6.95. The van der Waals surface area contributed by atoms with Gasteiger partial charge in [-0.25, -0.2) is 0 Å². The van der Waals surface area contributed by atoms with Crippen LogP contribution < -0.4 is 5.32 Å². The van der Waals surface area contributed by atoms with Crippen molar-refractivity contribution < 1.29 is 22.4 Å². The maximum absolute atomic E-state index is 12.3. The van der Waals surface area contributed by atoms with E-state index in [2.05, 4.69) is 10.2 Å². The van der Waals surface area contributed by atoms with Crippen LogP contribution in [0.3, 0.4) is 0 Å². The lowest BCUT2D eigenvalue weighted by Crippen LogP contribution is -2.38. The van der Waals surface area contributed by atoms with Crippen molar-refractivity contribution in [1.29, 1.82) is 0 Å². The van der Waals surface area contributed by atoms with Gasteiger partial charge in [0.1, 0.15) is 12.3 Å². The van der Waals surface area contributed by atoms with E-state index in [-0.39, 0.29) is 6.54 Å². The number of thioether (sulfide) groups is 1. The van der Waals surface area contributed by atoms with Gasteiger partial charge >= 0.3 is 6.18 Å². The molecule has 1 amide bonds. The average molecular weight is 445 g/mol. The van der Waals surface area contributed by atoms with Gasteiger partial charge in [0.25, 0.3) is 0 Å². The number of furan rings is 1. The number of aromatic nitrogens is 3. The van der Waals surface area contributed by atoms with Crippen LogP contribution in [0.15, 0.2) is 52.2 Å². The summed E-state index contributed by atoms with van der Waals surface area (Å²) in [6.45, 7) is 0.410. The molecule has 2 heterocycles. The Labute approximate surface area is 173 Å². The molecule has 3 rings (SSSR count). The van der Waals surface area contributed by atoms with Crippen molar-refractivity contribution in [1.82, 2.24) is 20.1 Å². The Morgan fingerprint density at radius 2 is 2.00 bits per heavy atom. The minimum Gasteiger partial charge on any atom is -0.467 e. The molecule has 0 aliphatic carbocycles. The minimum absolute atomic E-state index is 0.289. The monoisotopic (exact) mass is 444 g/mol. The van der Waals surface area contributed by atoms with Crippen LogP contribution in [0, 0.1) is 0 Å². The van der Waals surface area contributed by atoms with Gasteiger partial charge in [0, 0.05) is 10.6 Å². The zero-order valence-electron chi connectivity index (χ0n) is 15.1. The molecule has 0 saturated heterocycles. The van der Waals surface area contributed by atoms with E-state index in [0.717, 1.165) is 17.3 Å². The molecule has 2 aromatic heterocycles. The maximum atomic E-state index is 12.3. The summed E-state index contributed by atoms with van der Waals surface area (Å²) in [7, 11) is 0. The van der Waals surface area contributed by atoms with E-state index in [4.69, 9.17) is 16.0 Å². The first-order valence-electron chi connectivity index (χ1n) is 8.45. The Kier molecular flexibility index (Phi) is 6.53. The van der Waals surface area contributed by atoms with Crippen molar-refractivity contribution in [3.8, 4) is 11.4 Å². The Morgan fingerprint density at radius 1 is 1.28 bits per heavy atom. The first-order valence-corrected chi connectivity index (χ1v) is 9.71. The van der Waals surface area contributed by atoms with E-state index in [1.165, 1.54) is 13.2 Å². The second-order valence-corrected chi connectivity index (χ2v) is 7.82. The van der Waals surface area contributed by atoms with Gasteiger partial charge in [0.15, 0.2) is 11.0 Å². The van der Waals surface area contributed by atoms with Crippen molar-refractivity contribution in [3.63, 3.8) is 0 Å². The highest BCUT2D eigenvalue weighted by atomic mass is 35.5. The van der Waals surface area contributed by atoms with E-state index in [0.29, 0.717) is 21.8 Å². The van der Waals surface area contributed by atoms with E-state index >= 15 is 0 Å². The van der Waals surface area contributed by atoms with Crippen molar-refractivity contribution in [2.45, 2.75) is 30.1 Å². The number of rotatable bonds is 7. The highest BCUT2D eigenvalue weighted by Crippen LogP contribution is 2.28. The van der Waals surface area contributed by atoms with Gasteiger partial charge in [-0.3, -0.25) is 9.36 Å². The summed E-state index contributed by atoms with van der Waals surface area (Å²) in [4.78, 5) is 12.0. The molecule has 1 unspecified atom stereocenters. The summed E-state index contributed by atoms with van der Waals surface area (Å²) in [5.74, 6) is 0.410. The largest absolute Gasteiger partial charge is 0.467 e. The summed E-state index contributed by atoms with van der Waals surface area (Å²) < 4.78 is 44.1. The lowest BCUT2D eigenvalue weighted by atomic mass is 10.2. The molecule has 1 aromatic carbocycles. The molecule has 0 fully saturated rings. The molecule has 1 N–H and O–H groups in total. The maximum Gasteiger partial charge on any atom is 0.405 e. The molecular weight excluding hydrogens is 429 g/mol. The van der Waals surface area contributed by atoms with Crippen LogP contribution in [0.4, 0.5) is 13.2 Å². The molecule has 0 aliphatic rings. The molecule has 6 nitrogen and oxygen atoms in total.